The lowest BCUT2D eigenvalue weighted by Crippen LogP contribution is -2.24. The maximum Gasteiger partial charge on any atom is 0.418 e. The Bertz CT molecular complexity index is 1240. The number of alkyl halides is 3. The molecule has 0 spiro atoms. The molecular weight excluding hydrogens is 471 g/mol. The maximum absolute atomic E-state index is 13.9. The van der Waals surface area contributed by atoms with Crippen LogP contribution in [-0.2, 0) is 25.6 Å². The predicted molar refractivity (Wildman–Crippen MR) is 123 cm³/mol. The molecule has 11 heteroatoms. The Balaban J connectivity index is 0.00000324. The highest BCUT2D eigenvalue weighted by atomic mass is 35.5. The number of hydrogen-bond donors (Lipinski definition) is 4. The quantitative estimate of drug-likeness (QED) is 0.316. The molecule has 34 heavy (non-hydrogen) atoms. The van der Waals surface area contributed by atoms with Gasteiger partial charge >= 0.3 is 6.18 Å². The predicted octanol–water partition coefficient (Wildman–Crippen LogP) is 4.11. The van der Waals surface area contributed by atoms with E-state index in [-0.39, 0.29) is 47.4 Å². The van der Waals surface area contributed by atoms with Crippen molar-refractivity contribution in [3.8, 4) is 11.4 Å². The second kappa shape index (κ2) is 9.76. The second-order valence-corrected chi connectivity index (χ2v) is 7.88. The summed E-state index contributed by atoms with van der Waals surface area (Å²) < 4.78 is 43.2. The van der Waals surface area contributed by atoms with Crippen LogP contribution < -0.4 is 11.1 Å². The molecular formula is C23H23ClF3N5O2. The summed E-state index contributed by atoms with van der Waals surface area (Å²) in [5.74, 6) is -1.07. The summed E-state index contributed by atoms with van der Waals surface area (Å²) in [6.45, 7) is -0.149. The number of nitrogens with one attached hydrogen (secondary N) is 2. The number of phenols is 1. The molecule has 1 aliphatic rings. The van der Waals surface area contributed by atoms with Crippen LogP contribution in [-0.4, -0.2) is 26.4 Å². The Morgan fingerprint density at radius 2 is 1.85 bits per heavy atom. The molecule has 0 aliphatic heterocycles. The number of amidine groups is 1. The van der Waals surface area contributed by atoms with Crippen LogP contribution in [0.2, 0.25) is 0 Å². The van der Waals surface area contributed by atoms with Crippen molar-refractivity contribution in [2.75, 3.05) is 0 Å². The first kappa shape index (κ1) is 25.1. The number of hydrogen-bond acceptors (Lipinski definition) is 4. The number of carbonyl (C=O) groups excluding carboxylic acids is 1. The number of carbonyl (C=O) groups is 1. The topological polar surface area (TPSA) is 117 Å². The first-order chi connectivity index (χ1) is 15.6. The van der Waals surface area contributed by atoms with Crippen molar-refractivity contribution >= 4 is 24.1 Å². The molecule has 0 atom stereocenters. The number of nitrogen functional groups attached to an aromatic ring is 1. The summed E-state index contributed by atoms with van der Waals surface area (Å²) in [5, 5.41) is 19.9. The van der Waals surface area contributed by atoms with Gasteiger partial charge in [-0.25, -0.2) is 4.98 Å². The third-order valence-corrected chi connectivity index (χ3v) is 5.68. The van der Waals surface area contributed by atoms with Gasteiger partial charge in [0.2, 0.25) is 0 Å². The van der Waals surface area contributed by atoms with Gasteiger partial charge in [-0.1, -0.05) is 0 Å². The first-order valence-electron chi connectivity index (χ1n) is 10.4. The summed E-state index contributed by atoms with van der Waals surface area (Å²) in [6.07, 6.45) is -0.0332. The Labute approximate surface area is 199 Å². The van der Waals surface area contributed by atoms with Gasteiger partial charge in [0, 0.05) is 28.9 Å². The SMILES string of the molecule is Cl.N=C(N)c1ccc(O)c(CNC(=O)c2ccc(-n3cnc4c3CCCC4)c(C(F)(F)F)c2)c1. The molecule has 4 rings (SSSR count). The van der Waals surface area contributed by atoms with Crippen LogP contribution in [0.25, 0.3) is 5.69 Å². The minimum absolute atomic E-state index is 0. The fraction of sp³-hybridized carbons (Fsp3) is 0.261. The number of nitrogens with two attached hydrogens (primary N) is 1. The molecule has 1 aliphatic carbocycles. The number of phenolic OH excluding ortho intramolecular Hbond substituents is 1. The molecule has 0 bridgehead atoms. The summed E-state index contributed by atoms with van der Waals surface area (Å²) in [4.78, 5) is 16.9. The summed E-state index contributed by atoms with van der Waals surface area (Å²) in [5.41, 5.74) is 6.49. The number of amides is 1. The molecule has 180 valence electrons. The highest BCUT2D eigenvalue weighted by Gasteiger charge is 2.35. The van der Waals surface area contributed by atoms with Crippen LogP contribution in [0.15, 0.2) is 42.7 Å². The van der Waals surface area contributed by atoms with Gasteiger partial charge < -0.3 is 20.7 Å². The van der Waals surface area contributed by atoms with E-state index < -0.39 is 17.6 Å². The largest absolute Gasteiger partial charge is 0.508 e. The monoisotopic (exact) mass is 493 g/mol. The normalized spacial score (nSPS) is 13.0. The third kappa shape index (κ3) is 5.01. The number of halogens is 4. The van der Waals surface area contributed by atoms with Gasteiger partial charge in [0.1, 0.15) is 11.6 Å². The highest BCUT2D eigenvalue weighted by molar-refractivity contribution is 5.96. The van der Waals surface area contributed by atoms with Crippen molar-refractivity contribution in [1.82, 2.24) is 14.9 Å². The summed E-state index contributed by atoms with van der Waals surface area (Å²) in [7, 11) is 0. The zero-order valence-corrected chi connectivity index (χ0v) is 18.8. The van der Waals surface area contributed by atoms with Crippen molar-refractivity contribution in [2.45, 2.75) is 38.4 Å². The highest BCUT2D eigenvalue weighted by Crippen LogP contribution is 2.36. The molecule has 5 N–H and O–H groups in total. The average Bonchev–Trinajstić information content (AvgIpc) is 3.21. The molecule has 3 aromatic rings. The second-order valence-electron chi connectivity index (χ2n) is 7.88. The molecule has 0 saturated carbocycles. The fourth-order valence-corrected chi connectivity index (χ4v) is 3.96. The van der Waals surface area contributed by atoms with Crippen LogP contribution in [0.4, 0.5) is 13.2 Å². The number of aromatic nitrogens is 2. The first-order valence-corrected chi connectivity index (χ1v) is 10.4. The molecule has 7 nitrogen and oxygen atoms in total. The zero-order chi connectivity index (χ0) is 23.8. The number of aromatic hydroxyl groups is 1. The van der Waals surface area contributed by atoms with E-state index in [1.54, 1.807) is 0 Å². The minimum atomic E-state index is -4.68. The number of rotatable bonds is 5. The Morgan fingerprint density at radius 1 is 1.15 bits per heavy atom. The lowest BCUT2D eigenvalue weighted by Gasteiger charge is -2.19. The molecule has 0 unspecified atom stereocenters. The molecule has 1 heterocycles. The number of fused-ring (bicyclic) bond motifs is 1. The molecule has 2 aromatic carbocycles. The number of benzene rings is 2. The zero-order valence-electron chi connectivity index (χ0n) is 17.9. The van der Waals surface area contributed by atoms with Gasteiger partial charge in [-0.3, -0.25) is 10.2 Å². The molecule has 1 amide bonds. The van der Waals surface area contributed by atoms with E-state index in [9.17, 15) is 23.1 Å². The Hall–Kier alpha value is -3.53. The molecule has 0 fully saturated rings. The number of aryl methyl sites for hydroxylation is 1. The van der Waals surface area contributed by atoms with E-state index >= 15 is 0 Å². The fourth-order valence-electron chi connectivity index (χ4n) is 3.96. The van der Waals surface area contributed by atoms with Gasteiger partial charge in [0.25, 0.3) is 5.91 Å². The van der Waals surface area contributed by atoms with Crippen LogP contribution in [0, 0.1) is 5.41 Å². The molecule has 0 radical (unpaired) electrons. The van der Waals surface area contributed by atoms with Crippen LogP contribution in [0.5, 0.6) is 5.75 Å². The van der Waals surface area contributed by atoms with E-state index in [1.807, 2.05) is 0 Å². The lowest BCUT2D eigenvalue weighted by atomic mass is 10.0. The van der Waals surface area contributed by atoms with Crippen LogP contribution >= 0.6 is 12.4 Å². The maximum atomic E-state index is 13.9. The summed E-state index contributed by atoms with van der Waals surface area (Å²) >= 11 is 0. The Kier molecular flexibility index (Phi) is 7.21. The van der Waals surface area contributed by atoms with Crippen molar-refractivity contribution in [3.63, 3.8) is 0 Å². The van der Waals surface area contributed by atoms with Gasteiger partial charge in [-0.2, -0.15) is 13.2 Å². The van der Waals surface area contributed by atoms with E-state index in [0.717, 1.165) is 36.7 Å². The average molecular weight is 494 g/mol. The smallest absolute Gasteiger partial charge is 0.418 e. The van der Waals surface area contributed by atoms with Crippen molar-refractivity contribution in [3.05, 3.63) is 76.4 Å². The lowest BCUT2D eigenvalue weighted by molar-refractivity contribution is -0.137. The van der Waals surface area contributed by atoms with Gasteiger partial charge in [0.15, 0.2) is 0 Å². The van der Waals surface area contributed by atoms with Crippen molar-refractivity contribution in [2.24, 2.45) is 5.73 Å². The third-order valence-electron chi connectivity index (χ3n) is 5.68. The van der Waals surface area contributed by atoms with Gasteiger partial charge in [0.05, 0.1) is 23.3 Å². The van der Waals surface area contributed by atoms with Gasteiger partial charge in [-0.15, -0.1) is 12.4 Å². The molecule has 0 saturated heterocycles. The summed E-state index contributed by atoms with van der Waals surface area (Å²) in [6, 6.07) is 7.66. The van der Waals surface area contributed by atoms with Gasteiger partial charge in [-0.05, 0) is 62.1 Å². The minimum Gasteiger partial charge on any atom is -0.508 e. The van der Waals surface area contributed by atoms with Crippen molar-refractivity contribution in [1.29, 1.82) is 5.41 Å². The van der Waals surface area contributed by atoms with Crippen molar-refractivity contribution < 1.29 is 23.1 Å². The Morgan fingerprint density at radius 3 is 2.56 bits per heavy atom. The van der Waals surface area contributed by atoms with Crippen LogP contribution in [0.1, 0.15) is 51.3 Å². The molecule has 1 aromatic heterocycles. The van der Waals surface area contributed by atoms with E-state index in [1.165, 1.54) is 41.2 Å². The van der Waals surface area contributed by atoms with E-state index in [2.05, 4.69) is 10.3 Å². The van der Waals surface area contributed by atoms with E-state index in [4.69, 9.17) is 11.1 Å². The number of nitrogens with zero attached hydrogens (tertiary/aromatic N) is 2. The number of imidazole rings is 1. The van der Waals surface area contributed by atoms with Crippen LogP contribution in [0.3, 0.4) is 0 Å². The van der Waals surface area contributed by atoms with E-state index in [0.29, 0.717) is 12.0 Å². The standard InChI is InChI=1S/C23H22F3N5O2.ClH/c24-23(25,26)16-10-14(5-7-18(16)31-12-30-17-3-1-2-4-19(17)31)22(33)29-11-15-9-13(21(27)28)6-8-20(15)32;/h5-10,12,32H,1-4,11H2,(H3,27,28)(H,29,33);1H.